The first kappa shape index (κ1) is 14.2. The molecule has 0 bridgehead atoms. The third-order valence-corrected chi connectivity index (χ3v) is 4.22. The quantitative estimate of drug-likeness (QED) is 0.872. The zero-order valence-corrected chi connectivity index (χ0v) is 12.8. The fourth-order valence-electron chi connectivity index (χ4n) is 2.46. The van der Waals surface area contributed by atoms with Gasteiger partial charge in [0.1, 0.15) is 5.82 Å². The molecule has 0 saturated heterocycles. The Morgan fingerprint density at radius 2 is 2.14 bits per heavy atom. The van der Waals surface area contributed by atoms with Gasteiger partial charge in [-0.1, -0.05) is 12.1 Å². The number of amides is 1. The molecule has 0 radical (unpaired) electrons. The summed E-state index contributed by atoms with van der Waals surface area (Å²) >= 11 is 3.08. The molecule has 0 aromatic heterocycles. The van der Waals surface area contributed by atoms with Gasteiger partial charge in [0, 0.05) is 17.8 Å². The van der Waals surface area contributed by atoms with Gasteiger partial charge in [0.15, 0.2) is 0 Å². The number of rotatable bonds is 2. The Bertz CT molecular complexity index is 703. The molecule has 108 valence electrons. The van der Waals surface area contributed by atoms with E-state index < -0.39 is 5.82 Å². The van der Waals surface area contributed by atoms with Crippen LogP contribution in [0.15, 0.2) is 40.9 Å². The lowest BCUT2D eigenvalue weighted by Crippen LogP contribution is -2.25. The van der Waals surface area contributed by atoms with E-state index in [1.165, 1.54) is 17.7 Å². The predicted octanol–water partition coefficient (Wildman–Crippen LogP) is 3.49. The van der Waals surface area contributed by atoms with Crippen molar-refractivity contribution in [3.05, 3.63) is 63.4 Å². The van der Waals surface area contributed by atoms with Gasteiger partial charge < -0.3 is 10.6 Å². The number of carbonyl (C=O) groups is 1. The van der Waals surface area contributed by atoms with Crippen LogP contribution in [0, 0.1) is 5.82 Å². The second-order valence-electron chi connectivity index (χ2n) is 4.95. The molecule has 2 aromatic carbocycles. The van der Waals surface area contributed by atoms with E-state index >= 15 is 0 Å². The monoisotopic (exact) mass is 348 g/mol. The van der Waals surface area contributed by atoms with E-state index in [0.29, 0.717) is 10.0 Å². The average molecular weight is 349 g/mol. The Hall–Kier alpha value is -1.72. The second kappa shape index (κ2) is 5.95. The highest BCUT2D eigenvalue weighted by Gasteiger charge is 2.15. The van der Waals surface area contributed by atoms with E-state index in [9.17, 15) is 9.18 Å². The maximum absolute atomic E-state index is 13.5. The summed E-state index contributed by atoms with van der Waals surface area (Å²) in [7, 11) is 0. The van der Waals surface area contributed by atoms with Crippen molar-refractivity contribution in [1.29, 1.82) is 0 Å². The van der Waals surface area contributed by atoms with Crippen LogP contribution >= 0.6 is 15.9 Å². The molecular weight excluding hydrogens is 335 g/mol. The van der Waals surface area contributed by atoms with Crippen molar-refractivity contribution in [1.82, 2.24) is 5.32 Å². The summed E-state index contributed by atoms with van der Waals surface area (Å²) < 4.78 is 13.9. The SMILES string of the molecule is O=C(Nc1cccc2c1CNCC2)c1ccc(Br)c(F)c1. The van der Waals surface area contributed by atoms with E-state index in [2.05, 4.69) is 32.6 Å². The second-order valence-corrected chi connectivity index (χ2v) is 5.81. The number of hydrogen-bond acceptors (Lipinski definition) is 2. The molecule has 5 heteroatoms. The Kier molecular flexibility index (Phi) is 4.03. The topological polar surface area (TPSA) is 41.1 Å². The summed E-state index contributed by atoms with van der Waals surface area (Å²) in [4.78, 5) is 12.2. The van der Waals surface area contributed by atoms with Gasteiger partial charge in [-0.25, -0.2) is 4.39 Å². The zero-order valence-electron chi connectivity index (χ0n) is 11.2. The lowest BCUT2D eigenvalue weighted by atomic mass is 9.99. The van der Waals surface area contributed by atoms with Crippen LogP contribution < -0.4 is 10.6 Å². The highest BCUT2D eigenvalue weighted by atomic mass is 79.9. The molecule has 3 rings (SSSR count). The van der Waals surface area contributed by atoms with Gasteiger partial charge in [-0.3, -0.25) is 4.79 Å². The predicted molar refractivity (Wildman–Crippen MR) is 83.9 cm³/mol. The smallest absolute Gasteiger partial charge is 0.255 e. The number of fused-ring (bicyclic) bond motifs is 1. The van der Waals surface area contributed by atoms with Crippen molar-refractivity contribution in [2.45, 2.75) is 13.0 Å². The molecule has 0 aliphatic carbocycles. The standard InChI is InChI=1S/C16H14BrFN2O/c17-13-5-4-11(8-14(13)18)16(21)20-15-3-1-2-10-6-7-19-9-12(10)15/h1-5,8,19H,6-7,9H2,(H,20,21). The fourth-order valence-corrected chi connectivity index (χ4v) is 2.71. The third-order valence-electron chi connectivity index (χ3n) is 3.58. The maximum atomic E-state index is 13.5. The van der Waals surface area contributed by atoms with Crippen molar-refractivity contribution < 1.29 is 9.18 Å². The van der Waals surface area contributed by atoms with Gasteiger partial charge in [-0.2, -0.15) is 0 Å². The fraction of sp³-hybridized carbons (Fsp3) is 0.188. The largest absolute Gasteiger partial charge is 0.322 e. The van der Waals surface area contributed by atoms with Crippen LogP contribution in [0.2, 0.25) is 0 Å². The number of halogens is 2. The van der Waals surface area contributed by atoms with E-state index in [0.717, 1.165) is 30.8 Å². The van der Waals surface area contributed by atoms with Crippen molar-refractivity contribution in [3.8, 4) is 0 Å². The average Bonchev–Trinajstić information content (AvgIpc) is 2.50. The number of carbonyl (C=O) groups excluding carboxylic acids is 1. The Labute approximate surface area is 130 Å². The summed E-state index contributed by atoms with van der Waals surface area (Å²) in [5.74, 6) is -0.750. The van der Waals surface area contributed by atoms with Crippen LogP contribution in [0.1, 0.15) is 21.5 Å². The van der Waals surface area contributed by atoms with Crippen LogP contribution in [0.5, 0.6) is 0 Å². The van der Waals surface area contributed by atoms with Crippen LogP contribution in [0.3, 0.4) is 0 Å². The van der Waals surface area contributed by atoms with Gasteiger partial charge in [0.2, 0.25) is 0 Å². The summed E-state index contributed by atoms with van der Waals surface area (Å²) in [5.41, 5.74) is 3.44. The summed E-state index contributed by atoms with van der Waals surface area (Å²) in [6.45, 7) is 1.68. The molecule has 0 saturated carbocycles. The van der Waals surface area contributed by atoms with Gasteiger partial charge in [0.05, 0.1) is 4.47 Å². The highest BCUT2D eigenvalue weighted by molar-refractivity contribution is 9.10. The molecule has 2 N–H and O–H groups in total. The van der Waals surface area contributed by atoms with E-state index in [-0.39, 0.29) is 5.91 Å². The van der Waals surface area contributed by atoms with E-state index in [1.54, 1.807) is 6.07 Å². The molecule has 1 aliphatic rings. The van der Waals surface area contributed by atoms with Gasteiger partial charge in [-0.05, 0) is 64.3 Å². The highest BCUT2D eigenvalue weighted by Crippen LogP contribution is 2.24. The van der Waals surface area contributed by atoms with Crippen molar-refractivity contribution in [2.75, 3.05) is 11.9 Å². The van der Waals surface area contributed by atoms with E-state index in [4.69, 9.17) is 0 Å². The first-order valence-corrected chi connectivity index (χ1v) is 7.52. The molecule has 21 heavy (non-hydrogen) atoms. The molecule has 0 spiro atoms. The lowest BCUT2D eigenvalue weighted by Gasteiger charge is -2.20. The molecule has 0 atom stereocenters. The maximum Gasteiger partial charge on any atom is 0.255 e. The molecular formula is C16H14BrFN2O. The zero-order chi connectivity index (χ0) is 14.8. The number of hydrogen-bond donors (Lipinski definition) is 2. The molecule has 3 nitrogen and oxygen atoms in total. The summed E-state index contributed by atoms with van der Waals surface area (Å²) in [5, 5.41) is 6.17. The number of anilines is 1. The minimum atomic E-state index is -0.445. The Balaban J connectivity index is 1.86. The van der Waals surface area contributed by atoms with Crippen molar-refractivity contribution in [2.24, 2.45) is 0 Å². The molecule has 2 aromatic rings. The van der Waals surface area contributed by atoms with Crippen molar-refractivity contribution in [3.63, 3.8) is 0 Å². The third kappa shape index (κ3) is 2.99. The lowest BCUT2D eigenvalue weighted by molar-refractivity contribution is 0.102. The summed E-state index contributed by atoms with van der Waals surface area (Å²) in [6.07, 6.45) is 0.950. The molecule has 0 unspecified atom stereocenters. The number of nitrogens with one attached hydrogen (secondary N) is 2. The van der Waals surface area contributed by atoms with E-state index in [1.807, 2.05) is 12.1 Å². The Morgan fingerprint density at radius 1 is 1.29 bits per heavy atom. The molecule has 1 aliphatic heterocycles. The minimum absolute atomic E-state index is 0.303. The molecule has 0 fully saturated rings. The van der Waals surface area contributed by atoms with Gasteiger partial charge in [0.25, 0.3) is 5.91 Å². The van der Waals surface area contributed by atoms with Crippen LogP contribution in [0.25, 0.3) is 0 Å². The van der Waals surface area contributed by atoms with Gasteiger partial charge >= 0.3 is 0 Å². The van der Waals surface area contributed by atoms with Crippen LogP contribution in [-0.2, 0) is 13.0 Å². The normalized spacial score (nSPS) is 13.6. The first-order chi connectivity index (χ1) is 10.1. The minimum Gasteiger partial charge on any atom is -0.322 e. The summed E-state index contributed by atoms with van der Waals surface area (Å²) in [6, 6.07) is 10.2. The Morgan fingerprint density at radius 3 is 2.95 bits per heavy atom. The van der Waals surface area contributed by atoms with Gasteiger partial charge in [-0.15, -0.1) is 0 Å². The number of benzene rings is 2. The van der Waals surface area contributed by atoms with Crippen LogP contribution in [-0.4, -0.2) is 12.5 Å². The molecule has 1 amide bonds. The van der Waals surface area contributed by atoms with Crippen LogP contribution in [0.4, 0.5) is 10.1 Å². The molecule has 1 heterocycles. The van der Waals surface area contributed by atoms with Crippen molar-refractivity contribution >= 4 is 27.5 Å². The first-order valence-electron chi connectivity index (χ1n) is 6.73.